The number of hydrogen-bond acceptors (Lipinski definition) is 6. The molecule has 0 amide bonds. The molecule has 170 valence electrons. The van der Waals surface area contributed by atoms with Gasteiger partial charge in [-0.3, -0.25) is 5.41 Å². The normalized spacial score (nSPS) is 14.0. The number of fused-ring (bicyclic) bond motifs is 2. The molecule has 0 saturated heterocycles. The van der Waals surface area contributed by atoms with E-state index < -0.39 is 23.7 Å². The number of nitrogens with two attached hydrogens (primary N) is 1. The van der Waals surface area contributed by atoms with Crippen LogP contribution in [0.4, 0.5) is 8.78 Å². The van der Waals surface area contributed by atoms with Crippen molar-refractivity contribution in [2.24, 2.45) is 5.73 Å². The van der Waals surface area contributed by atoms with Crippen LogP contribution in [0.3, 0.4) is 0 Å². The van der Waals surface area contributed by atoms with E-state index in [0.717, 1.165) is 5.69 Å². The number of ether oxygens (including phenoxy) is 2. The van der Waals surface area contributed by atoms with Gasteiger partial charge in [0.25, 0.3) is 6.02 Å². The molecular formula is C25H19F2N5O2. The van der Waals surface area contributed by atoms with Crippen molar-refractivity contribution in [1.82, 2.24) is 15.2 Å². The molecule has 0 fully saturated rings. The number of amidine groups is 1. The smallest absolute Gasteiger partial charge is 0.279 e. The van der Waals surface area contributed by atoms with Gasteiger partial charge in [-0.15, -0.1) is 0 Å². The summed E-state index contributed by atoms with van der Waals surface area (Å²) in [5.41, 5.74) is 9.21. The number of halogens is 2. The van der Waals surface area contributed by atoms with E-state index in [1.54, 1.807) is 48.5 Å². The van der Waals surface area contributed by atoms with Crippen LogP contribution < -0.4 is 10.5 Å². The molecule has 7 nitrogen and oxygen atoms in total. The molecule has 2 aromatic heterocycles. The fourth-order valence-electron chi connectivity index (χ4n) is 3.99. The third kappa shape index (κ3) is 3.92. The zero-order valence-electron chi connectivity index (χ0n) is 18.0. The topological polar surface area (TPSA) is 107 Å². The zero-order valence-corrected chi connectivity index (χ0v) is 18.0. The van der Waals surface area contributed by atoms with Crippen LogP contribution in [0.1, 0.15) is 22.7 Å². The molecule has 1 aliphatic rings. The van der Waals surface area contributed by atoms with Gasteiger partial charge in [0.1, 0.15) is 12.4 Å². The lowest BCUT2D eigenvalue weighted by molar-refractivity contribution is 0.273. The number of rotatable bonds is 4. The summed E-state index contributed by atoms with van der Waals surface area (Å²) in [5.74, 6) is -1.28. The summed E-state index contributed by atoms with van der Waals surface area (Å²) in [6.45, 7) is 1.77. The van der Waals surface area contributed by atoms with Crippen molar-refractivity contribution >= 4 is 6.02 Å². The number of pyridine rings is 1. The van der Waals surface area contributed by atoms with Crippen LogP contribution in [0.15, 0.2) is 60.8 Å². The maximum Gasteiger partial charge on any atom is 0.279 e. The predicted octanol–water partition coefficient (Wildman–Crippen LogP) is 4.94. The Morgan fingerprint density at radius 1 is 1.06 bits per heavy atom. The molecule has 1 atom stereocenters. The quantitative estimate of drug-likeness (QED) is 0.254. The van der Waals surface area contributed by atoms with Crippen molar-refractivity contribution in [3.63, 3.8) is 0 Å². The van der Waals surface area contributed by atoms with E-state index in [-0.39, 0.29) is 12.4 Å². The summed E-state index contributed by atoms with van der Waals surface area (Å²) in [7, 11) is 0. The highest BCUT2D eigenvalue weighted by molar-refractivity contribution is 5.71. The molecule has 2 aromatic carbocycles. The monoisotopic (exact) mass is 459 g/mol. The third-order valence-electron chi connectivity index (χ3n) is 5.61. The molecule has 0 aliphatic carbocycles. The molecule has 9 heteroatoms. The Morgan fingerprint density at radius 3 is 2.62 bits per heavy atom. The molecule has 0 saturated carbocycles. The van der Waals surface area contributed by atoms with E-state index in [1.807, 2.05) is 6.92 Å². The van der Waals surface area contributed by atoms with Gasteiger partial charge in [-0.2, -0.15) is 14.6 Å². The van der Waals surface area contributed by atoms with Crippen molar-refractivity contribution in [2.45, 2.75) is 12.8 Å². The average molecular weight is 459 g/mol. The van der Waals surface area contributed by atoms with Gasteiger partial charge in [0.15, 0.2) is 11.6 Å². The number of aryl methyl sites for hydroxylation is 1. The number of nitrogens with one attached hydrogen (secondary N) is 1. The number of nitrogens with zero attached hydrogens (tertiary/aromatic N) is 3. The van der Waals surface area contributed by atoms with E-state index >= 15 is 4.39 Å². The van der Waals surface area contributed by atoms with Gasteiger partial charge < -0.3 is 15.2 Å². The van der Waals surface area contributed by atoms with Crippen molar-refractivity contribution in [2.75, 3.05) is 6.61 Å². The lowest BCUT2D eigenvalue weighted by Crippen LogP contribution is -2.22. The van der Waals surface area contributed by atoms with Gasteiger partial charge in [0, 0.05) is 28.5 Å². The maximum absolute atomic E-state index is 15.2. The summed E-state index contributed by atoms with van der Waals surface area (Å²) in [6, 6.07) is 14.5. The molecule has 34 heavy (non-hydrogen) atoms. The largest absolute Gasteiger partial charge is 0.465 e. The van der Waals surface area contributed by atoms with E-state index in [4.69, 9.17) is 20.6 Å². The van der Waals surface area contributed by atoms with Gasteiger partial charge in [-0.25, -0.2) is 9.37 Å². The average Bonchev–Trinajstić information content (AvgIpc) is 2.82. The van der Waals surface area contributed by atoms with Crippen LogP contribution in [-0.2, 0) is 4.74 Å². The van der Waals surface area contributed by atoms with E-state index in [1.165, 1.54) is 12.3 Å². The molecular weight excluding hydrogens is 440 g/mol. The molecule has 0 radical (unpaired) electrons. The molecule has 3 heterocycles. The van der Waals surface area contributed by atoms with Crippen LogP contribution in [0.2, 0.25) is 0 Å². The second-order valence-corrected chi connectivity index (χ2v) is 7.86. The second-order valence-electron chi connectivity index (χ2n) is 7.86. The minimum absolute atomic E-state index is 0.0415. The van der Waals surface area contributed by atoms with Gasteiger partial charge in [0.05, 0.1) is 17.3 Å². The predicted molar refractivity (Wildman–Crippen MR) is 122 cm³/mol. The Labute approximate surface area is 193 Å². The Balaban J connectivity index is 1.65. The Morgan fingerprint density at radius 2 is 1.88 bits per heavy atom. The number of hydrogen-bond donors (Lipinski definition) is 2. The highest BCUT2D eigenvalue weighted by atomic mass is 19.1. The first-order chi connectivity index (χ1) is 16.4. The van der Waals surface area contributed by atoms with Crippen molar-refractivity contribution in [3.05, 3.63) is 89.4 Å². The molecule has 0 bridgehead atoms. The standard InChI is InChI=1S/C25H19F2N5O2/c1-13-4-6-21(32-31-13)15-10-18-19(12-33-25(28)29)17-9-14(16-3-2-8-30-24(16)27)5-7-22(17)34-23(18)20(26)11-15/h2-11,19H,12H2,1H3,(H3,28,29)/t19-/m1/s1. The van der Waals surface area contributed by atoms with Gasteiger partial charge in [0.2, 0.25) is 5.95 Å². The minimum Gasteiger partial charge on any atom is -0.465 e. The first-order valence-electron chi connectivity index (χ1n) is 10.4. The molecule has 5 rings (SSSR count). The van der Waals surface area contributed by atoms with Gasteiger partial charge in [-0.05, 0) is 61.0 Å². The lowest BCUT2D eigenvalue weighted by Gasteiger charge is -2.29. The minimum atomic E-state index is -0.609. The van der Waals surface area contributed by atoms with Crippen molar-refractivity contribution < 1.29 is 18.3 Å². The van der Waals surface area contributed by atoms with Crippen molar-refractivity contribution in [1.29, 1.82) is 5.41 Å². The summed E-state index contributed by atoms with van der Waals surface area (Å²) in [6.07, 6.45) is 1.37. The summed E-state index contributed by atoms with van der Waals surface area (Å²) < 4.78 is 40.8. The second kappa shape index (κ2) is 8.51. The molecule has 4 aromatic rings. The summed E-state index contributed by atoms with van der Waals surface area (Å²) in [4.78, 5) is 3.72. The first-order valence-corrected chi connectivity index (χ1v) is 10.4. The Hall–Kier alpha value is -4.40. The number of benzene rings is 2. The number of aromatic nitrogens is 3. The summed E-state index contributed by atoms with van der Waals surface area (Å²) in [5, 5.41) is 15.7. The Bertz CT molecular complexity index is 1410. The Kier molecular flexibility index (Phi) is 5.37. The maximum atomic E-state index is 15.2. The lowest BCUT2D eigenvalue weighted by atomic mass is 9.85. The highest BCUT2D eigenvalue weighted by Crippen LogP contribution is 2.48. The van der Waals surface area contributed by atoms with Crippen LogP contribution in [0.5, 0.6) is 11.5 Å². The van der Waals surface area contributed by atoms with E-state index in [9.17, 15) is 4.39 Å². The zero-order chi connectivity index (χ0) is 23.8. The molecule has 0 spiro atoms. The molecule has 1 aliphatic heterocycles. The van der Waals surface area contributed by atoms with E-state index in [0.29, 0.717) is 39.3 Å². The SMILES string of the molecule is Cc1ccc(-c2cc(F)c3c(c2)[C@H](COC(=N)N)c2cc(-c4cccnc4F)ccc2O3)nn1. The third-order valence-corrected chi connectivity index (χ3v) is 5.61. The summed E-state index contributed by atoms with van der Waals surface area (Å²) >= 11 is 0. The molecule has 3 N–H and O–H groups in total. The van der Waals surface area contributed by atoms with Crippen LogP contribution >= 0.6 is 0 Å². The van der Waals surface area contributed by atoms with Crippen LogP contribution in [0, 0.1) is 24.1 Å². The fraction of sp³-hybridized carbons (Fsp3) is 0.120. The van der Waals surface area contributed by atoms with Gasteiger partial charge in [-0.1, -0.05) is 6.07 Å². The van der Waals surface area contributed by atoms with Crippen molar-refractivity contribution in [3.8, 4) is 33.9 Å². The fourth-order valence-corrected chi connectivity index (χ4v) is 3.99. The first kappa shape index (κ1) is 21.4. The molecule has 0 unspecified atom stereocenters. The van der Waals surface area contributed by atoms with Crippen LogP contribution in [-0.4, -0.2) is 27.8 Å². The van der Waals surface area contributed by atoms with Crippen LogP contribution in [0.25, 0.3) is 22.4 Å². The van der Waals surface area contributed by atoms with Gasteiger partial charge >= 0.3 is 0 Å². The van der Waals surface area contributed by atoms with E-state index in [2.05, 4.69) is 15.2 Å². The highest BCUT2D eigenvalue weighted by Gasteiger charge is 2.32.